The molecule has 0 aliphatic carbocycles. The van der Waals surface area contributed by atoms with Gasteiger partial charge in [-0.1, -0.05) is 30.3 Å². The van der Waals surface area contributed by atoms with Gasteiger partial charge in [-0.2, -0.15) is 5.26 Å². The number of ether oxygens (including phenoxy) is 1. The summed E-state index contributed by atoms with van der Waals surface area (Å²) in [5.41, 5.74) is 0.931. The second-order valence-corrected chi connectivity index (χ2v) is 4.59. The third-order valence-corrected chi connectivity index (χ3v) is 3.04. The number of nitriles is 1. The molecule has 22 heavy (non-hydrogen) atoms. The number of carbonyl (C=O) groups excluding carboxylic acids is 1. The molecule has 0 spiro atoms. The smallest absolute Gasteiger partial charge is 0.257 e. The Balaban J connectivity index is 1.77. The molecule has 0 aliphatic heterocycles. The highest BCUT2D eigenvalue weighted by Gasteiger charge is 2.06. The standard InChI is InChI=1S/C17H15FN2O2/c18-15-7-3-1-5-13(15)9-10-20-17(21)12-22-16-8-4-2-6-14(16)11-19/h1-8H,9-10,12H2,(H,20,21). The van der Waals surface area contributed by atoms with Gasteiger partial charge in [-0.25, -0.2) is 4.39 Å². The third-order valence-electron chi connectivity index (χ3n) is 3.04. The topological polar surface area (TPSA) is 62.1 Å². The normalized spacial score (nSPS) is 9.82. The Hall–Kier alpha value is -2.87. The fraction of sp³-hybridized carbons (Fsp3) is 0.176. The van der Waals surface area contributed by atoms with Crippen LogP contribution < -0.4 is 10.1 Å². The van der Waals surface area contributed by atoms with Gasteiger partial charge < -0.3 is 10.1 Å². The number of nitrogens with one attached hydrogen (secondary N) is 1. The van der Waals surface area contributed by atoms with Crippen molar-refractivity contribution in [2.45, 2.75) is 6.42 Å². The fourth-order valence-electron chi connectivity index (χ4n) is 1.92. The van der Waals surface area contributed by atoms with Crippen molar-refractivity contribution in [2.75, 3.05) is 13.2 Å². The first-order valence-corrected chi connectivity index (χ1v) is 6.82. The summed E-state index contributed by atoms with van der Waals surface area (Å²) in [6, 6.07) is 15.1. The van der Waals surface area contributed by atoms with Gasteiger partial charge in [-0.15, -0.1) is 0 Å². The largest absolute Gasteiger partial charge is 0.482 e. The zero-order chi connectivity index (χ0) is 15.8. The quantitative estimate of drug-likeness (QED) is 0.891. The molecule has 1 amide bonds. The average Bonchev–Trinajstić information content (AvgIpc) is 2.55. The summed E-state index contributed by atoms with van der Waals surface area (Å²) in [4.78, 5) is 11.7. The lowest BCUT2D eigenvalue weighted by atomic mass is 10.1. The Morgan fingerprint density at radius 3 is 2.68 bits per heavy atom. The number of carbonyl (C=O) groups is 1. The van der Waals surface area contributed by atoms with E-state index in [4.69, 9.17) is 10.00 Å². The van der Waals surface area contributed by atoms with Crippen LogP contribution in [0.2, 0.25) is 0 Å². The zero-order valence-corrected chi connectivity index (χ0v) is 11.9. The minimum Gasteiger partial charge on any atom is -0.482 e. The van der Waals surface area contributed by atoms with E-state index in [0.717, 1.165) is 0 Å². The van der Waals surface area contributed by atoms with E-state index in [1.54, 1.807) is 42.5 Å². The number of para-hydroxylation sites is 1. The van der Waals surface area contributed by atoms with Crippen LogP contribution in [0.5, 0.6) is 5.75 Å². The average molecular weight is 298 g/mol. The summed E-state index contributed by atoms with van der Waals surface area (Å²) in [5, 5.41) is 11.6. The maximum absolute atomic E-state index is 13.4. The summed E-state index contributed by atoms with van der Waals surface area (Å²) in [6.45, 7) is 0.138. The fourth-order valence-corrected chi connectivity index (χ4v) is 1.92. The summed E-state index contributed by atoms with van der Waals surface area (Å²) in [5.74, 6) is -0.228. The van der Waals surface area contributed by atoms with Crippen molar-refractivity contribution in [3.05, 3.63) is 65.5 Å². The zero-order valence-electron chi connectivity index (χ0n) is 11.9. The number of hydrogen-bond acceptors (Lipinski definition) is 3. The van der Waals surface area contributed by atoms with Crippen LogP contribution in [0.3, 0.4) is 0 Å². The Bertz CT molecular complexity index is 695. The molecule has 4 nitrogen and oxygen atoms in total. The summed E-state index contributed by atoms with van der Waals surface area (Å²) < 4.78 is 18.7. The Labute approximate surface area is 128 Å². The van der Waals surface area contributed by atoms with Crippen molar-refractivity contribution in [1.29, 1.82) is 5.26 Å². The van der Waals surface area contributed by atoms with Crippen LogP contribution in [0, 0.1) is 17.1 Å². The molecule has 0 bridgehead atoms. The van der Waals surface area contributed by atoms with Gasteiger partial charge in [0.25, 0.3) is 5.91 Å². The van der Waals surface area contributed by atoms with Crippen molar-refractivity contribution < 1.29 is 13.9 Å². The number of halogens is 1. The molecule has 0 unspecified atom stereocenters. The van der Waals surface area contributed by atoms with E-state index in [-0.39, 0.29) is 18.3 Å². The van der Waals surface area contributed by atoms with Crippen LogP contribution >= 0.6 is 0 Å². The Morgan fingerprint density at radius 1 is 1.18 bits per heavy atom. The van der Waals surface area contributed by atoms with Crippen molar-refractivity contribution >= 4 is 5.91 Å². The number of nitrogens with zero attached hydrogens (tertiary/aromatic N) is 1. The molecule has 2 aromatic carbocycles. The summed E-state index contributed by atoms with van der Waals surface area (Å²) in [6.07, 6.45) is 0.410. The number of amides is 1. The van der Waals surface area contributed by atoms with Crippen molar-refractivity contribution in [3.8, 4) is 11.8 Å². The molecule has 2 rings (SSSR count). The summed E-state index contributed by atoms with van der Waals surface area (Å²) >= 11 is 0. The predicted octanol–water partition coefficient (Wildman–Crippen LogP) is 2.44. The summed E-state index contributed by atoms with van der Waals surface area (Å²) in [7, 11) is 0. The van der Waals surface area contributed by atoms with Gasteiger partial charge >= 0.3 is 0 Å². The van der Waals surface area contributed by atoms with Crippen LogP contribution in [-0.4, -0.2) is 19.1 Å². The number of rotatable bonds is 6. The van der Waals surface area contributed by atoms with Gasteiger partial charge in [0.1, 0.15) is 17.6 Å². The highest BCUT2D eigenvalue weighted by Crippen LogP contribution is 2.16. The minimum absolute atomic E-state index is 0.185. The molecule has 0 atom stereocenters. The second-order valence-electron chi connectivity index (χ2n) is 4.59. The van der Waals surface area contributed by atoms with Crippen molar-refractivity contribution in [1.82, 2.24) is 5.32 Å². The van der Waals surface area contributed by atoms with Gasteiger partial charge in [0.2, 0.25) is 0 Å². The molecule has 0 fully saturated rings. The second kappa shape index (κ2) is 7.79. The highest BCUT2D eigenvalue weighted by molar-refractivity contribution is 5.77. The van der Waals surface area contributed by atoms with E-state index in [1.165, 1.54) is 6.07 Å². The van der Waals surface area contributed by atoms with Crippen LogP contribution in [0.15, 0.2) is 48.5 Å². The molecular weight excluding hydrogens is 283 g/mol. The van der Waals surface area contributed by atoms with Gasteiger partial charge in [-0.3, -0.25) is 4.79 Å². The molecule has 1 N–H and O–H groups in total. The monoisotopic (exact) mass is 298 g/mol. The van der Waals surface area contributed by atoms with Crippen molar-refractivity contribution in [3.63, 3.8) is 0 Å². The molecule has 0 aliphatic rings. The predicted molar refractivity (Wildman–Crippen MR) is 79.8 cm³/mol. The van der Waals surface area contributed by atoms with Crippen LogP contribution in [0.1, 0.15) is 11.1 Å². The molecule has 0 heterocycles. The highest BCUT2D eigenvalue weighted by atomic mass is 19.1. The van der Waals surface area contributed by atoms with Crippen LogP contribution in [0.4, 0.5) is 4.39 Å². The molecule has 112 valence electrons. The van der Waals surface area contributed by atoms with E-state index >= 15 is 0 Å². The first-order chi connectivity index (χ1) is 10.7. The van der Waals surface area contributed by atoms with Gasteiger partial charge in [-0.05, 0) is 30.2 Å². The van der Waals surface area contributed by atoms with E-state index in [2.05, 4.69) is 5.32 Å². The van der Waals surface area contributed by atoms with E-state index in [1.807, 2.05) is 6.07 Å². The van der Waals surface area contributed by atoms with E-state index in [0.29, 0.717) is 29.8 Å². The minimum atomic E-state index is -0.316. The van der Waals surface area contributed by atoms with Crippen LogP contribution in [-0.2, 0) is 11.2 Å². The maximum Gasteiger partial charge on any atom is 0.257 e. The van der Waals surface area contributed by atoms with Gasteiger partial charge in [0.05, 0.1) is 5.56 Å². The molecule has 5 heteroatoms. The molecular formula is C17H15FN2O2. The Morgan fingerprint density at radius 2 is 1.91 bits per heavy atom. The molecule has 0 saturated heterocycles. The molecule has 2 aromatic rings. The van der Waals surface area contributed by atoms with Crippen molar-refractivity contribution in [2.24, 2.45) is 0 Å². The third kappa shape index (κ3) is 4.32. The van der Waals surface area contributed by atoms with Crippen LogP contribution in [0.25, 0.3) is 0 Å². The maximum atomic E-state index is 13.4. The van der Waals surface area contributed by atoms with Gasteiger partial charge in [0, 0.05) is 6.54 Å². The molecule has 0 radical (unpaired) electrons. The number of benzene rings is 2. The lowest BCUT2D eigenvalue weighted by Crippen LogP contribution is -2.30. The lowest BCUT2D eigenvalue weighted by Gasteiger charge is -2.08. The first kappa shape index (κ1) is 15.5. The molecule has 0 saturated carbocycles. The van der Waals surface area contributed by atoms with Gasteiger partial charge in [0.15, 0.2) is 6.61 Å². The molecule has 0 aromatic heterocycles. The SMILES string of the molecule is N#Cc1ccccc1OCC(=O)NCCc1ccccc1F. The van der Waals surface area contributed by atoms with E-state index in [9.17, 15) is 9.18 Å². The lowest BCUT2D eigenvalue weighted by molar-refractivity contribution is -0.123. The first-order valence-electron chi connectivity index (χ1n) is 6.82. The number of hydrogen-bond donors (Lipinski definition) is 1. The van der Waals surface area contributed by atoms with E-state index < -0.39 is 0 Å². The Kier molecular flexibility index (Phi) is 5.50.